The maximum atomic E-state index is 12.0. The number of carbonyl (C=O) groups is 1. The van der Waals surface area contributed by atoms with Crippen LogP contribution in [0.4, 0.5) is 0 Å². The van der Waals surface area contributed by atoms with Gasteiger partial charge < -0.3 is 9.90 Å². The molecule has 1 saturated carbocycles. The number of aliphatic carboxylic acids is 1. The van der Waals surface area contributed by atoms with Gasteiger partial charge in [0.1, 0.15) is 0 Å². The summed E-state index contributed by atoms with van der Waals surface area (Å²) in [6.07, 6.45) is 1.33. The Hall–Kier alpha value is -1.39. The maximum Gasteiger partial charge on any atom is 0.0906 e. The first-order valence-electron chi connectivity index (χ1n) is 7.17. The highest BCUT2D eigenvalue weighted by atomic mass is 35.5. The molecule has 2 aromatic rings. The molecule has 0 spiro atoms. The number of halogens is 2. The Morgan fingerprint density at radius 3 is 2.41 bits per heavy atom. The molecule has 6 heteroatoms. The molecule has 2 aliphatic rings. The lowest BCUT2D eigenvalue weighted by atomic mass is 9.68. The molecule has 2 aliphatic carbocycles. The molecule has 0 saturated heterocycles. The minimum Gasteiger partial charge on any atom is -0.549 e. The third-order valence-corrected chi connectivity index (χ3v) is 6.32. The molecular weight excluding hydrogens is 323 g/mol. The van der Waals surface area contributed by atoms with Gasteiger partial charge in [-0.3, -0.25) is 0 Å². The van der Waals surface area contributed by atoms with Gasteiger partial charge in [0.05, 0.1) is 43.9 Å². The van der Waals surface area contributed by atoms with E-state index in [9.17, 15) is 9.90 Å². The Balaban J connectivity index is 2.08. The minimum absolute atomic E-state index is 0.0757. The number of carboxylic acids is 1. The predicted molar refractivity (Wildman–Crippen MR) is 82.0 cm³/mol. The van der Waals surface area contributed by atoms with Gasteiger partial charge in [0.2, 0.25) is 0 Å². The van der Waals surface area contributed by atoms with E-state index in [1.165, 1.54) is 0 Å². The lowest BCUT2D eigenvalue weighted by Gasteiger charge is -2.38. The molecule has 4 rings (SSSR count). The standard InChI is InChI=1S/C16H14Cl2N2O2/c1-15(2)7-3-4-16(15,14(21)22)13-12(7)19-10-5-8(17)9(18)6-11(10)20-13/h5-7H,3-4H2,1-2H3,(H,21,22)/p-1/t7-,16+/m0/s1. The van der Waals surface area contributed by atoms with Crippen LogP contribution in [0.1, 0.15) is 44.0 Å². The van der Waals surface area contributed by atoms with Crippen LogP contribution < -0.4 is 5.11 Å². The molecule has 1 fully saturated rings. The lowest BCUT2D eigenvalue weighted by Crippen LogP contribution is -2.51. The van der Waals surface area contributed by atoms with E-state index in [1.807, 2.05) is 13.8 Å². The molecule has 0 N–H and O–H groups in total. The summed E-state index contributed by atoms with van der Waals surface area (Å²) in [6, 6.07) is 3.31. The van der Waals surface area contributed by atoms with E-state index >= 15 is 0 Å². The minimum atomic E-state index is -1.07. The molecule has 2 bridgehead atoms. The van der Waals surface area contributed by atoms with Gasteiger partial charge in [-0.2, -0.15) is 0 Å². The molecular formula is C16H13Cl2N2O2-. The van der Waals surface area contributed by atoms with Crippen LogP contribution >= 0.6 is 23.2 Å². The van der Waals surface area contributed by atoms with E-state index in [0.29, 0.717) is 33.2 Å². The van der Waals surface area contributed by atoms with Crippen LogP contribution in [0.15, 0.2) is 12.1 Å². The Bertz CT molecular complexity index is 850. The van der Waals surface area contributed by atoms with Gasteiger partial charge in [0.25, 0.3) is 0 Å². The van der Waals surface area contributed by atoms with Crippen molar-refractivity contribution < 1.29 is 9.90 Å². The molecule has 0 amide bonds. The van der Waals surface area contributed by atoms with Crippen molar-refractivity contribution in [3.8, 4) is 0 Å². The monoisotopic (exact) mass is 335 g/mol. The molecule has 22 heavy (non-hydrogen) atoms. The van der Waals surface area contributed by atoms with E-state index in [1.54, 1.807) is 12.1 Å². The topological polar surface area (TPSA) is 65.9 Å². The fraction of sp³-hybridized carbons (Fsp3) is 0.438. The van der Waals surface area contributed by atoms with Gasteiger partial charge >= 0.3 is 0 Å². The first-order valence-corrected chi connectivity index (χ1v) is 7.93. The van der Waals surface area contributed by atoms with E-state index < -0.39 is 16.8 Å². The van der Waals surface area contributed by atoms with Crippen molar-refractivity contribution in [1.82, 2.24) is 9.97 Å². The third-order valence-electron chi connectivity index (χ3n) is 5.60. The molecule has 1 aromatic carbocycles. The third kappa shape index (κ3) is 1.43. The van der Waals surface area contributed by atoms with Gasteiger partial charge in [-0.15, -0.1) is 0 Å². The van der Waals surface area contributed by atoms with E-state index in [0.717, 1.165) is 12.1 Å². The number of benzene rings is 1. The van der Waals surface area contributed by atoms with Crippen molar-refractivity contribution in [2.45, 2.75) is 38.0 Å². The fourth-order valence-corrected chi connectivity index (χ4v) is 4.64. The van der Waals surface area contributed by atoms with E-state index in [4.69, 9.17) is 23.2 Å². The van der Waals surface area contributed by atoms with Crippen molar-refractivity contribution in [3.05, 3.63) is 33.6 Å². The average molecular weight is 336 g/mol. The van der Waals surface area contributed by atoms with Gasteiger partial charge in [-0.1, -0.05) is 37.0 Å². The van der Waals surface area contributed by atoms with Crippen molar-refractivity contribution in [2.75, 3.05) is 0 Å². The highest BCUT2D eigenvalue weighted by Gasteiger charge is 2.64. The van der Waals surface area contributed by atoms with Gasteiger partial charge in [-0.05, 0) is 30.4 Å². The predicted octanol–water partition coefficient (Wildman–Crippen LogP) is 2.84. The number of carbonyl (C=O) groups excluding carboxylic acids is 1. The molecule has 1 aromatic heterocycles. The number of hydrogen-bond donors (Lipinski definition) is 0. The largest absolute Gasteiger partial charge is 0.549 e. The van der Waals surface area contributed by atoms with E-state index in [2.05, 4.69) is 9.97 Å². The number of fused-ring (bicyclic) bond motifs is 6. The van der Waals surface area contributed by atoms with Crippen LogP contribution in [-0.2, 0) is 10.2 Å². The second kappa shape index (κ2) is 4.12. The van der Waals surface area contributed by atoms with Crippen LogP contribution in [0.5, 0.6) is 0 Å². The zero-order valence-electron chi connectivity index (χ0n) is 12.1. The molecule has 2 atom stereocenters. The number of rotatable bonds is 1. The number of hydrogen-bond acceptors (Lipinski definition) is 4. The summed E-state index contributed by atoms with van der Waals surface area (Å²) in [5, 5.41) is 12.8. The van der Waals surface area contributed by atoms with Crippen LogP contribution in [0.2, 0.25) is 10.0 Å². The van der Waals surface area contributed by atoms with Crippen LogP contribution in [0, 0.1) is 5.41 Å². The maximum absolute atomic E-state index is 12.0. The SMILES string of the molecule is CC1(C)[C@H]2CC[C@]1(C(=O)[O-])c1nc3cc(Cl)c(Cl)cc3nc12. The second-order valence-corrected chi connectivity index (χ2v) is 7.53. The fourth-order valence-electron chi connectivity index (χ4n) is 4.33. The summed E-state index contributed by atoms with van der Waals surface area (Å²) in [6.45, 7) is 3.93. The summed E-state index contributed by atoms with van der Waals surface area (Å²) in [5.74, 6) is -0.987. The Labute approximate surface area is 137 Å². The Kier molecular flexibility index (Phi) is 2.66. The summed E-state index contributed by atoms with van der Waals surface area (Å²) in [7, 11) is 0. The summed E-state index contributed by atoms with van der Waals surface area (Å²) >= 11 is 12.1. The molecule has 0 aliphatic heterocycles. The number of carboxylic acid groups (broad SMARTS) is 1. The van der Waals surface area contributed by atoms with Crippen LogP contribution in [0.25, 0.3) is 11.0 Å². The van der Waals surface area contributed by atoms with E-state index in [-0.39, 0.29) is 5.92 Å². The van der Waals surface area contributed by atoms with Crippen LogP contribution in [0.3, 0.4) is 0 Å². The Morgan fingerprint density at radius 2 is 1.82 bits per heavy atom. The number of nitrogens with zero attached hydrogens (tertiary/aromatic N) is 2. The highest BCUT2D eigenvalue weighted by Crippen LogP contribution is 2.66. The molecule has 114 valence electrons. The van der Waals surface area contributed by atoms with Crippen LogP contribution in [-0.4, -0.2) is 15.9 Å². The van der Waals surface area contributed by atoms with Gasteiger partial charge in [0.15, 0.2) is 0 Å². The summed E-state index contributed by atoms with van der Waals surface area (Å²) in [4.78, 5) is 21.3. The Morgan fingerprint density at radius 1 is 1.23 bits per heavy atom. The van der Waals surface area contributed by atoms with Crippen molar-refractivity contribution in [1.29, 1.82) is 0 Å². The molecule has 0 radical (unpaired) electrons. The summed E-state index contributed by atoms with van der Waals surface area (Å²) in [5.41, 5.74) is 0.993. The number of aromatic nitrogens is 2. The zero-order chi connectivity index (χ0) is 15.9. The van der Waals surface area contributed by atoms with Crippen molar-refractivity contribution in [2.24, 2.45) is 5.41 Å². The van der Waals surface area contributed by atoms with Gasteiger partial charge in [0, 0.05) is 5.92 Å². The smallest absolute Gasteiger partial charge is 0.0906 e. The quantitative estimate of drug-likeness (QED) is 0.803. The van der Waals surface area contributed by atoms with Crippen molar-refractivity contribution in [3.63, 3.8) is 0 Å². The first-order chi connectivity index (χ1) is 10.3. The molecule has 1 heterocycles. The zero-order valence-corrected chi connectivity index (χ0v) is 13.6. The normalized spacial score (nSPS) is 28.1. The summed E-state index contributed by atoms with van der Waals surface area (Å²) < 4.78 is 0. The highest BCUT2D eigenvalue weighted by molar-refractivity contribution is 6.42. The average Bonchev–Trinajstić information content (AvgIpc) is 2.81. The molecule has 0 unspecified atom stereocenters. The lowest BCUT2D eigenvalue weighted by molar-refractivity contribution is -0.317. The molecule has 4 nitrogen and oxygen atoms in total. The van der Waals surface area contributed by atoms with Gasteiger partial charge in [-0.25, -0.2) is 9.97 Å². The first kappa shape index (κ1) is 14.2. The van der Waals surface area contributed by atoms with Crippen molar-refractivity contribution >= 4 is 40.2 Å². The second-order valence-electron chi connectivity index (χ2n) is 6.72.